The number of likely N-dealkylation sites (tertiary alicyclic amines) is 1. The molecule has 28 heavy (non-hydrogen) atoms. The molecule has 2 amide bonds. The van der Waals surface area contributed by atoms with Crippen molar-refractivity contribution >= 4 is 23.6 Å². The minimum absolute atomic E-state index is 0.0337. The predicted octanol–water partition coefficient (Wildman–Crippen LogP) is 3.93. The lowest BCUT2D eigenvalue weighted by atomic mass is 9.95. The Morgan fingerprint density at radius 1 is 1.07 bits per heavy atom. The van der Waals surface area contributed by atoms with E-state index >= 15 is 0 Å². The second-order valence-corrected chi connectivity index (χ2v) is 8.94. The molecule has 3 aliphatic rings. The van der Waals surface area contributed by atoms with Crippen molar-refractivity contribution in [2.75, 3.05) is 25.4 Å². The van der Waals surface area contributed by atoms with Crippen molar-refractivity contribution in [2.24, 2.45) is 11.8 Å². The van der Waals surface area contributed by atoms with Crippen molar-refractivity contribution in [2.45, 2.75) is 37.2 Å². The molecule has 152 valence electrons. The van der Waals surface area contributed by atoms with Crippen LogP contribution in [0.4, 0.5) is 13.2 Å². The molecule has 1 atom stereocenters. The monoisotopic (exact) mass is 412 g/mol. The molecule has 0 radical (unpaired) electrons. The Morgan fingerprint density at radius 3 is 2.29 bits per heavy atom. The Kier molecular flexibility index (Phi) is 5.33. The highest BCUT2D eigenvalue weighted by Gasteiger charge is 2.38. The summed E-state index contributed by atoms with van der Waals surface area (Å²) in [4.78, 5) is 28.3. The zero-order chi connectivity index (χ0) is 19.9. The number of rotatable bonds is 4. The van der Waals surface area contributed by atoms with Gasteiger partial charge in [0, 0.05) is 25.6 Å². The minimum atomic E-state index is -4.36. The van der Waals surface area contributed by atoms with E-state index in [4.69, 9.17) is 0 Å². The van der Waals surface area contributed by atoms with E-state index in [0.717, 1.165) is 56.5 Å². The molecule has 1 saturated carbocycles. The Labute approximate surface area is 166 Å². The van der Waals surface area contributed by atoms with Gasteiger partial charge in [-0.2, -0.15) is 13.2 Å². The zero-order valence-electron chi connectivity index (χ0n) is 15.5. The third kappa shape index (κ3) is 4.16. The number of thioether (sulfide) groups is 1. The summed E-state index contributed by atoms with van der Waals surface area (Å²) in [6.07, 6.45) is -0.609. The first-order chi connectivity index (χ1) is 13.3. The van der Waals surface area contributed by atoms with Crippen LogP contribution in [0.1, 0.15) is 42.2 Å². The fourth-order valence-corrected chi connectivity index (χ4v) is 5.17. The van der Waals surface area contributed by atoms with Crippen LogP contribution in [0.25, 0.3) is 0 Å². The molecule has 0 aromatic heterocycles. The third-order valence-electron chi connectivity index (χ3n) is 5.80. The van der Waals surface area contributed by atoms with E-state index in [2.05, 4.69) is 0 Å². The molecule has 1 aliphatic carbocycles. The van der Waals surface area contributed by atoms with Crippen molar-refractivity contribution in [3.05, 3.63) is 35.4 Å². The smallest absolute Gasteiger partial charge is 0.342 e. The molecule has 4 nitrogen and oxygen atoms in total. The lowest BCUT2D eigenvalue weighted by Gasteiger charge is -2.35. The fraction of sp³-hybridized carbons (Fsp3) is 0.600. The highest BCUT2D eigenvalue weighted by atomic mass is 32.2. The Hall–Kier alpha value is -1.70. The maximum absolute atomic E-state index is 12.8. The van der Waals surface area contributed by atoms with Crippen molar-refractivity contribution in [3.8, 4) is 0 Å². The van der Waals surface area contributed by atoms with Crippen LogP contribution in [0.3, 0.4) is 0 Å². The summed E-state index contributed by atoms with van der Waals surface area (Å²) >= 11 is 1.46. The molecule has 1 unspecified atom stereocenters. The molecular weight excluding hydrogens is 389 g/mol. The van der Waals surface area contributed by atoms with Crippen LogP contribution >= 0.6 is 11.8 Å². The Morgan fingerprint density at radius 2 is 1.71 bits per heavy atom. The van der Waals surface area contributed by atoms with Crippen LogP contribution in [0.15, 0.2) is 24.3 Å². The van der Waals surface area contributed by atoms with E-state index in [0.29, 0.717) is 18.2 Å². The van der Waals surface area contributed by atoms with Gasteiger partial charge in [0.1, 0.15) is 5.37 Å². The summed E-state index contributed by atoms with van der Waals surface area (Å²) in [5, 5.41) is -0.235. The van der Waals surface area contributed by atoms with Gasteiger partial charge in [0.2, 0.25) is 11.8 Å². The summed E-state index contributed by atoms with van der Waals surface area (Å²) in [7, 11) is 0. The fourth-order valence-electron chi connectivity index (χ4n) is 3.97. The van der Waals surface area contributed by atoms with Gasteiger partial charge < -0.3 is 9.80 Å². The van der Waals surface area contributed by atoms with Gasteiger partial charge in [-0.05, 0) is 49.3 Å². The molecular formula is C20H23F3N2O2S. The van der Waals surface area contributed by atoms with Gasteiger partial charge in [0.25, 0.3) is 0 Å². The lowest BCUT2D eigenvalue weighted by molar-refractivity contribution is -0.137. The molecule has 0 bridgehead atoms. The summed E-state index contributed by atoms with van der Waals surface area (Å²) in [6.45, 7) is 2.07. The first-order valence-corrected chi connectivity index (χ1v) is 10.7. The van der Waals surface area contributed by atoms with Gasteiger partial charge in [-0.1, -0.05) is 12.1 Å². The van der Waals surface area contributed by atoms with Gasteiger partial charge in [0.15, 0.2) is 0 Å². The third-order valence-corrected chi connectivity index (χ3v) is 7.05. The molecule has 2 aliphatic heterocycles. The van der Waals surface area contributed by atoms with Crippen molar-refractivity contribution in [1.82, 2.24) is 9.80 Å². The van der Waals surface area contributed by atoms with Crippen LogP contribution in [0.5, 0.6) is 0 Å². The first kappa shape index (κ1) is 19.6. The average Bonchev–Trinajstić information content (AvgIpc) is 3.46. The number of amides is 2. The Bertz CT molecular complexity index is 741. The van der Waals surface area contributed by atoms with Crippen molar-refractivity contribution in [3.63, 3.8) is 0 Å². The topological polar surface area (TPSA) is 40.6 Å². The number of carbonyl (C=O) groups is 2. The molecule has 1 aromatic carbocycles. The number of hydrogen-bond acceptors (Lipinski definition) is 3. The summed E-state index contributed by atoms with van der Waals surface area (Å²) in [5.74, 6) is 1.21. The number of nitrogens with zero attached hydrogens (tertiary/aromatic N) is 2. The predicted molar refractivity (Wildman–Crippen MR) is 100 cm³/mol. The van der Waals surface area contributed by atoms with E-state index in [-0.39, 0.29) is 23.1 Å². The average molecular weight is 412 g/mol. The minimum Gasteiger partial charge on any atom is -0.342 e. The normalized spacial score (nSPS) is 24.1. The largest absolute Gasteiger partial charge is 0.416 e. The molecule has 0 spiro atoms. The first-order valence-electron chi connectivity index (χ1n) is 9.70. The number of alkyl halides is 3. The Balaban J connectivity index is 1.38. The van der Waals surface area contributed by atoms with E-state index in [1.54, 1.807) is 4.90 Å². The molecule has 2 saturated heterocycles. The number of piperidine rings is 1. The highest BCUT2D eigenvalue weighted by molar-refractivity contribution is 8.00. The molecule has 4 rings (SSSR count). The number of benzene rings is 1. The second-order valence-electron chi connectivity index (χ2n) is 7.87. The second kappa shape index (κ2) is 7.61. The molecule has 0 N–H and O–H groups in total. The van der Waals surface area contributed by atoms with Gasteiger partial charge in [-0.25, -0.2) is 0 Å². The summed E-state index contributed by atoms with van der Waals surface area (Å²) < 4.78 is 38.4. The van der Waals surface area contributed by atoms with Gasteiger partial charge in [0.05, 0.1) is 11.3 Å². The zero-order valence-corrected chi connectivity index (χ0v) is 16.3. The standard InChI is InChI=1S/C20H23F3N2O2S/c21-20(22,23)16-5-3-15(4-6-16)19-25(17(26)12-28-19)11-13-7-9-24(10-8-13)18(27)14-1-2-14/h3-6,13-14,19H,1-2,7-12H2. The van der Waals surface area contributed by atoms with Crippen LogP contribution in [0, 0.1) is 11.8 Å². The van der Waals surface area contributed by atoms with Crippen LogP contribution in [-0.4, -0.2) is 47.0 Å². The maximum Gasteiger partial charge on any atom is 0.416 e. The van der Waals surface area contributed by atoms with E-state index in [9.17, 15) is 22.8 Å². The number of halogens is 3. The quantitative estimate of drug-likeness (QED) is 0.753. The van der Waals surface area contributed by atoms with Crippen LogP contribution < -0.4 is 0 Å². The van der Waals surface area contributed by atoms with Crippen molar-refractivity contribution < 1.29 is 22.8 Å². The number of hydrogen-bond donors (Lipinski definition) is 0. The van der Waals surface area contributed by atoms with Crippen LogP contribution in [-0.2, 0) is 15.8 Å². The highest BCUT2D eigenvalue weighted by Crippen LogP contribution is 2.41. The molecule has 3 fully saturated rings. The van der Waals surface area contributed by atoms with Gasteiger partial charge >= 0.3 is 6.18 Å². The molecule has 8 heteroatoms. The van der Waals surface area contributed by atoms with Gasteiger partial charge in [-0.3, -0.25) is 9.59 Å². The summed E-state index contributed by atoms with van der Waals surface area (Å²) in [6, 6.07) is 5.11. The number of carbonyl (C=O) groups excluding carboxylic acids is 2. The summed E-state index contributed by atoms with van der Waals surface area (Å²) in [5.41, 5.74) is 0.0509. The van der Waals surface area contributed by atoms with Crippen molar-refractivity contribution in [1.29, 1.82) is 0 Å². The van der Waals surface area contributed by atoms with Crippen LogP contribution in [0.2, 0.25) is 0 Å². The SMILES string of the molecule is O=C(C1CC1)N1CCC(CN2C(=O)CSC2c2ccc(C(F)(F)F)cc2)CC1. The van der Waals surface area contributed by atoms with E-state index < -0.39 is 11.7 Å². The lowest BCUT2D eigenvalue weighted by Crippen LogP contribution is -2.42. The van der Waals surface area contributed by atoms with E-state index in [1.165, 1.54) is 23.9 Å². The van der Waals surface area contributed by atoms with E-state index in [1.807, 2.05) is 4.90 Å². The molecule has 1 aromatic rings. The van der Waals surface area contributed by atoms with Gasteiger partial charge in [-0.15, -0.1) is 11.8 Å². The maximum atomic E-state index is 12.8. The molecule has 2 heterocycles.